The van der Waals surface area contributed by atoms with Crippen molar-refractivity contribution >= 4 is 11.0 Å². The predicted molar refractivity (Wildman–Crippen MR) is 81.0 cm³/mol. The van der Waals surface area contributed by atoms with Crippen LogP contribution >= 0.6 is 0 Å². The summed E-state index contributed by atoms with van der Waals surface area (Å²) in [5, 5.41) is 48.3. The van der Waals surface area contributed by atoms with Gasteiger partial charge in [-0.1, -0.05) is 0 Å². The lowest BCUT2D eigenvalue weighted by Crippen LogP contribution is -2.04. The molecule has 1 aromatic heterocycles. The Morgan fingerprint density at radius 2 is 1.57 bits per heavy atom. The molecule has 0 saturated carbocycles. The van der Waals surface area contributed by atoms with Crippen LogP contribution in [0.1, 0.15) is 5.56 Å². The third kappa shape index (κ3) is 2.10. The van der Waals surface area contributed by atoms with E-state index in [1.807, 2.05) is 0 Å². The first-order valence-electron chi connectivity index (χ1n) is 6.55. The summed E-state index contributed by atoms with van der Waals surface area (Å²) < 4.78 is 5.48. The van der Waals surface area contributed by atoms with Crippen LogP contribution in [0.2, 0.25) is 0 Å². The summed E-state index contributed by atoms with van der Waals surface area (Å²) in [6.45, 7) is 1.48. The Labute approximate surface area is 128 Å². The molecule has 0 aliphatic heterocycles. The van der Waals surface area contributed by atoms with E-state index in [9.17, 15) is 30.3 Å². The molecule has 0 aliphatic carbocycles. The predicted octanol–water partition coefficient (Wildman–Crippen LogP) is 2.30. The molecule has 0 fully saturated rings. The number of phenols is 4. The van der Waals surface area contributed by atoms with Crippen molar-refractivity contribution in [3.8, 4) is 40.1 Å². The Hall–Kier alpha value is -3.35. The molecule has 0 bridgehead atoms. The van der Waals surface area contributed by atoms with Gasteiger partial charge in [0.1, 0.15) is 22.5 Å². The van der Waals surface area contributed by atoms with Gasteiger partial charge in [-0.25, -0.2) is 0 Å². The summed E-state index contributed by atoms with van der Waals surface area (Å²) in [4.78, 5) is 12.3. The number of aromatic hydroxyl groups is 5. The SMILES string of the molecule is Cc1c(O)cc(O)c2c(=O)c(O)c(-c3ccc(O)c(O)c3)oc12. The first-order valence-corrected chi connectivity index (χ1v) is 6.55. The third-order valence-corrected chi connectivity index (χ3v) is 3.58. The van der Waals surface area contributed by atoms with Gasteiger partial charge in [0.15, 0.2) is 17.3 Å². The van der Waals surface area contributed by atoms with Crippen LogP contribution < -0.4 is 5.43 Å². The number of aryl methyl sites for hydroxylation is 1. The number of phenolic OH excluding ortho intramolecular Hbond substituents is 4. The molecule has 0 amide bonds. The molecule has 7 nitrogen and oxygen atoms in total. The molecule has 0 radical (unpaired) electrons. The minimum atomic E-state index is -0.880. The van der Waals surface area contributed by atoms with Gasteiger partial charge in [-0.2, -0.15) is 0 Å². The quantitative estimate of drug-likeness (QED) is 0.435. The van der Waals surface area contributed by atoms with Crippen molar-refractivity contribution in [2.75, 3.05) is 0 Å². The van der Waals surface area contributed by atoms with E-state index in [1.165, 1.54) is 19.1 Å². The van der Waals surface area contributed by atoms with E-state index in [1.54, 1.807) is 0 Å². The Morgan fingerprint density at radius 1 is 0.870 bits per heavy atom. The zero-order chi connectivity index (χ0) is 16.9. The summed E-state index contributed by atoms with van der Waals surface area (Å²) in [5.74, 6) is -2.65. The van der Waals surface area contributed by atoms with Crippen LogP contribution in [0.25, 0.3) is 22.3 Å². The molecule has 0 atom stereocenters. The normalized spacial score (nSPS) is 11.0. The van der Waals surface area contributed by atoms with Crippen LogP contribution in [-0.2, 0) is 0 Å². The van der Waals surface area contributed by atoms with E-state index in [2.05, 4.69) is 0 Å². The lowest BCUT2D eigenvalue weighted by molar-refractivity contribution is 0.403. The summed E-state index contributed by atoms with van der Waals surface area (Å²) in [6.07, 6.45) is 0. The molecule has 2 aromatic carbocycles. The fourth-order valence-electron chi connectivity index (χ4n) is 2.31. The lowest BCUT2D eigenvalue weighted by atomic mass is 10.1. The van der Waals surface area contributed by atoms with E-state index >= 15 is 0 Å². The topological polar surface area (TPSA) is 131 Å². The van der Waals surface area contributed by atoms with Crippen LogP contribution in [0.15, 0.2) is 33.5 Å². The third-order valence-electron chi connectivity index (χ3n) is 3.58. The maximum Gasteiger partial charge on any atom is 0.238 e. The molecular weight excluding hydrogens is 304 g/mol. The van der Waals surface area contributed by atoms with Crippen molar-refractivity contribution in [3.63, 3.8) is 0 Å². The Balaban J connectivity index is 2.43. The summed E-state index contributed by atoms with van der Waals surface area (Å²) >= 11 is 0. The second kappa shape index (κ2) is 4.84. The molecule has 7 heteroatoms. The maximum atomic E-state index is 12.3. The average molecular weight is 316 g/mol. The Kier molecular flexibility index (Phi) is 3.07. The molecule has 0 spiro atoms. The Bertz CT molecular complexity index is 1000. The van der Waals surface area contributed by atoms with Gasteiger partial charge in [0.05, 0.1) is 0 Å². The molecule has 5 N–H and O–H groups in total. The minimum Gasteiger partial charge on any atom is -0.507 e. The van der Waals surface area contributed by atoms with Crippen molar-refractivity contribution < 1.29 is 29.9 Å². The number of hydrogen-bond donors (Lipinski definition) is 5. The van der Waals surface area contributed by atoms with E-state index in [4.69, 9.17) is 4.42 Å². The largest absolute Gasteiger partial charge is 0.507 e. The number of benzene rings is 2. The minimum absolute atomic E-state index is 0.0899. The van der Waals surface area contributed by atoms with Crippen molar-refractivity contribution in [3.05, 3.63) is 40.1 Å². The fraction of sp³-hybridized carbons (Fsp3) is 0.0625. The van der Waals surface area contributed by atoms with Gasteiger partial charge in [-0.05, 0) is 25.1 Å². The smallest absolute Gasteiger partial charge is 0.238 e. The molecule has 0 unspecified atom stereocenters. The molecule has 3 aromatic rings. The number of rotatable bonds is 1. The lowest BCUT2D eigenvalue weighted by Gasteiger charge is -2.10. The highest BCUT2D eigenvalue weighted by Crippen LogP contribution is 2.39. The van der Waals surface area contributed by atoms with Gasteiger partial charge >= 0.3 is 0 Å². The van der Waals surface area contributed by atoms with Crippen molar-refractivity contribution in [2.24, 2.45) is 0 Å². The zero-order valence-corrected chi connectivity index (χ0v) is 11.9. The fourth-order valence-corrected chi connectivity index (χ4v) is 2.31. The summed E-state index contributed by atoms with van der Waals surface area (Å²) in [5.41, 5.74) is -0.625. The van der Waals surface area contributed by atoms with Gasteiger partial charge in [0.2, 0.25) is 11.2 Å². The van der Waals surface area contributed by atoms with E-state index < -0.39 is 22.7 Å². The second-order valence-electron chi connectivity index (χ2n) is 5.06. The van der Waals surface area contributed by atoms with Crippen LogP contribution in [0, 0.1) is 6.92 Å². The first kappa shape index (κ1) is 14.6. The van der Waals surface area contributed by atoms with Crippen LogP contribution in [0.5, 0.6) is 28.7 Å². The maximum absolute atomic E-state index is 12.3. The van der Waals surface area contributed by atoms with E-state index in [0.29, 0.717) is 0 Å². The molecule has 0 saturated heterocycles. The monoisotopic (exact) mass is 316 g/mol. The highest BCUT2D eigenvalue weighted by atomic mass is 16.4. The van der Waals surface area contributed by atoms with Gasteiger partial charge in [0.25, 0.3) is 0 Å². The van der Waals surface area contributed by atoms with Gasteiger partial charge in [0, 0.05) is 17.2 Å². The second-order valence-corrected chi connectivity index (χ2v) is 5.06. The number of hydrogen-bond acceptors (Lipinski definition) is 7. The molecule has 23 heavy (non-hydrogen) atoms. The van der Waals surface area contributed by atoms with Crippen LogP contribution in [-0.4, -0.2) is 25.5 Å². The highest BCUT2D eigenvalue weighted by Gasteiger charge is 2.21. The van der Waals surface area contributed by atoms with Crippen molar-refractivity contribution in [2.45, 2.75) is 6.92 Å². The first-order chi connectivity index (χ1) is 10.8. The summed E-state index contributed by atoms with van der Waals surface area (Å²) in [7, 11) is 0. The molecule has 118 valence electrons. The van der Waals surface area contributed by atoms with Gasteiger partial charge in [-0.3, -0.25) is 4.79 Å². The van der Waals surface area contributed by atoms with Gasteiger partial charge < -0.3 is 29.9 Å². The van der Waals surface area contributed by atoms with E-state index in [0.717, 1.165) is 12.1 Å². The van der Waals surface area contributed by atoms with E-state index in [-0.39, 0.29) is 39.4 Å². The summed E-state index contributed by atoms with van der Waals surface area (Å²) in [6, 6.07) is 4.59. The van der Waals surface area contributed by atoms with Crippen LogP contribution in [0.4, 0.5) is 0 Å². The van der Waals surface area contributed by atoms with Crippen molar-refractivity contribution in [1.82, 2.24) is 0 Å². The zero-order valence-electron chi connectivity index (χ0n) is 11.9. The molecule has 1 heterocycles. The number of fused-ring (bicyclic) bond motifs is 1. The highest BCUT2D eigenvalue weighted by molar-refractivity contribution is 5.90. The molecular formula is C16H12O7. The standard InChI is InChI=1S/C16H12O7/c1-6-9(18)5-11(20)12-13(21)14(22)16(23-15(6)12)7-2-3-8(17)10(19)4-7/h2-5,17-20,22H,1H3. The average Bonchev–Trinajstić information content (AvgIpc) is 2.50. The Morgan fingerprint density at radius 3 is 2.22 bits per heavy atom. The molecule has 0 aliphatic rings. The van der Waals surface area contributed by atoms with Crippen molar-refractivity contribution in [1.29, 1.82) is 0 Å². The van der Waals surface area contributed by atoms with Crippen LogP contribution in [0.3, 0.4) is 0 Å². The van der Waals surface area contributed by atoms with Gasteiger partial charge in [-0.15, -0.1) is 0 Å². The molecule has 3 rings (SSSR count).